The van der Waals surface area contributed by atoms with Gasteiger partial charge in [0, 0.05) is 13.0 Å². The third kappa shape index (κ3) is 4.55. The molecule has 22 heavy (non-hydrogen) atoms. The van der Waals surface area contributed by atoms with Crippen molar-refractivity contribution in [1.82, 2.24) is 5.32 Å². The van der Waals surface area contributed by atoms with Crippen LogP contribution in [0, 0.1) is 11.6 Å². The molecule has 0 fully saturated rings. The summed E-state index contributed by atoms with van der Waals surface area (Å²) in [5, 5.41) is 2.79. The minimum Gasteiger partial charge on any atom is -0.497 e. The smallest absolute Gasteiger partial charge is 0.220 e. The van der Waals surface area contributed by atoms with Gasteiger partial charge in [0.1, 0.15) is 5.75 Å². The first kappa shape index (κ1) is 15.9. The average molecular weight is 305 g/mol. The molecule has 0 saturated heterocycles. The Morgan fingerprint density at radius 1 is 1.05 bits per heavy atom. The molecule has 0 heterocycles. The minimum atomic E-state index is -0.892. The van der Waals surface area contributed by atoms with Crippen LogP contribution in [-0.4, -0.2) is 13.0 Å². The van der Waals surface area contributed by atoms with Crippen molar-refractivity contribution in [1.29, 1.82) is 0 Å². The molecule has 5 heteroatoms. The third-order valence-electron chi connectivity index (χ3n) is 3.27. The van der Waals surface area contributed by atoms with Gasteiger partial charge in [-0.15, -0.1) is 0 Å². The molecule has 2 rings (SSSR count). The molecule has 3 nitrogen and oxygen atoms in total. The molecular formula is C17H17F2NO2. The average Bonchev–Trinajstić information content (AvgIpc) is 2.54. The minimum absolute atomic E-state index is 0.138. The zero-order valence-corrected chi connectivity index (χ0v) is 12.2. The van der Waals surface area contributed by atoms with Gasteiger partial charge in [0.25, 0.3) is 0 Å². The number of rotatable bonds is 6. The molecule has 0 aliphatic rings. The zero-order chi connectivity index (χ0) is 15.9. The van der Waals surface area contributed by atoms with E-state index in [0.717, 1.165) is 23.4 Å². The van der Waals surface area contributed by atoms with Crippen molar-refractivity contribution in [2.24, 2.45) is 0 Å². The molecule has 1 amide bonds. The summed E-state index contributed by atoms with van der Waals surface area (Å²) >= 11 is 0. The van der Waals surface area contributed by atoms with Gasteiger partial charge in [-0.1, -0.05) is 18.2 Å². The van der Waals surface area contributed by atoms with Crippen LogP contribution in [0.3, 0.4) is 0 Å². The summed E-state index contributed by atoms with van der Waals surface area (Å²) < 4.78 is 30.9. The summed E-state index contributed by atoms with van der Waals surface area (Å²) in [5.41, 5.74) is 1.56. The van der Waals surface area contributed by atoms with Crippen LogP contribution in [-0.2, 0) is 17.8 Å². The van der Waals surface area contributed by atoms with Crippen LogP contribution in [0.1, 0.15) is 17.5 Å². The predicted molar refractivity (Wildman–Crippen MR) is 79.5 cm³/mol. The number of methoxy groups -OCH3 is 1. The Morgan fingerprint density at radius 2 is 1.73 bits per heavy atom. The van der Waals surface area contributed by atoms with Crippen molar-refractivity contribution >= 4 is 5.91 Å². The first-order valence-electron chi connectivity index (χ1n) is 6.92. The Bertz CT molecular complexity index is 642. The maximum absolute atomic E-state index is 13.0. The van der Waals surface area contributed by atoms with E-state index in [4.69, 9.17) is 4.74 Å². The molecule has 0 aromatic heterocycles. The second-order valence-electron chi connectivity index (χ2n) is 4.87. The van der Waals surface area contributed by atoms with Gasteiger partial charge in [0.05, 0.1) is 7.11 Å². The Kier molecular flexibility index (Phi) is 5.47. The lowest BCUT2D eigenvalue weighted by atomic mass is 10.1. The predicted octanol–water partition coefficient (Wildman–Crippen LogP) is 3.22. The van der Waals surface area contributed by atoms with Crippen LogP contribution in [0.25, 0.3) is 0 Å². The lowest BCUT2D eigenvalue weighted by Crippen LogP contribution is -2.23. The van der Waals surface area contributed by atoms with Crippen molar-refractivity contribution in [3.63, 3.8) is 0 Å². The van der Waals surface area contributed by atoms with E-state index in [0.29, 0.717) is 18.5 Å². The lowest BCUT2D eigenvalue weighted by Gasteiger charge is -2.07. The third-order valence-corrected chi connectivity index (χ3v) is 3.27. The van der Waals surface area contributed by atoms with Crippen molar-refractivity contribution in [2.45, 2.75) is 19.4 Å². The van der Waals surface area contributed by atoms with Gasteiger partial charge in [-0.3, -0.25) is 4.79 Å². The summed E-state index contributed by atoms with van der Waals surface area (Å²) in [6.45, 7) is 0.417. The Hall–Kier alpha value is -2.43. The fourth-order valence-corrected chi connectivity index (χ4v) is 1.99. The fraction of sp³-hybridized carbons (Fsp3) is 0.235. The summed E-state index contributed by atoms with van der Waals surface area (Å²) in [6.07, 6.45) is 0.590. The van der Waals surface area contributed by atoms with Crippen molar-refractivity contribution in [2.75, 3.05) is 7.11 Å². The number of nitrogens with one attached hydrogen (secondary N) is 1. The number of hydrogen-bond donors (Lipinski definition) is 1. The summed E-state index contributed by atoms with van der Waals surface area (Å²) in [6, 6.07) is 11.1. The fourth-order valence-electron chi connectivity index (χ4n) is 1.99. The molecule has 0 aliphatic carbocycles. The monoisotopic (exact) mass is 305 g/mol. The first-order chi connectivity index (χ1) is 10.6. The standard InChI is InChI=1S/C17H17F2NO2/c1-22-14-6-2-13(3-7-14)11-20-17(21)9-5-12-4-8-15(18)16(19)10-12/h2-4,6-8,10H,5,9,11H2,1H3,(H,20,21). The highest BCUT2D eigenvalue weighted by molar-refractivity contribution is 5.76. The van der Waals surface area contributed by atoms with E-state index < -0.39 is 11.6 Å². The molecule has 0 bridgehead atoms. The molecule has 0 saturated carbocycles. The van der Waals surface area contributed by atoms with Gasteiger partial charge >= 0.3 is 0 Å². The zero-order valence-electron chi connectivity index (χ0n) is 12.2. The van der Waals surface area contributed by atoms with Crippen LogP contribution in [0.2, 0.25) is 0 Å². The quantitative estimate of drug-likeness (QED) is 0.890. The number of ether oxygens (including phenoxy) is 1. The lowest BCUT2D eigenvalue weighted by molar-refractivity contribution is -0.121. The molecule has 2 aromatic carbocycles. The number of carbonyl (C=O) groups is 1. The van der Waals surface area contributed by atoms with E-state index >= 15 is 0 Å². The van der Waals surface area contributed by atoms with E-state index in [2.05, 4.69) is 5.32 Å². The van der Waals surface area contributed by atoms with Crippen LogP contribution in [0.15, 0.2) is 42.5 Å². The molecule has 116 valence electrons. The highest BCUT2D eigenvalue weighted by atomic mass is 19.2. The SMILES string of the molecule is COc1ccc(CNC(=O)CCc2ccc(F)c(F)c2)cc1. The van der Waals surface area contributed by atoms with E-state index in [1.165, 1.54) is 6.07 Å². The molecule has 2 aromatic rings. The number of carbonyl (C=O) groups excluding carboxylic acids is 1. The maximum atomic E-state index is 13.0. The van der Waals surface area contributed by atoms with Crippen molar-refractivity contribution < 1.29 is 18.3 Å². The Balaban J connectivity index is 1.78. The second-order valence-corrected chi connectivity index (χ2v) is 4.87. The van der Waals surface area contributed by atoms with Gasteiger partial charge in [-0.2, -0.15) is 0 Å². The highest BCUT2D eigenvalue weighted by Gasteiger charge is 2.06. The highest BCUT2D eigenvalue weighted by Crippen LogP contribution is 2.12. The number of halogens is 2. The van der Waals surface area contributed by atoms with Crippen molar-refractivity contribution in [3.8, 4) is 5.75 Å². The van der Waals surface area contributed by atoms with Crippen LogP contribution >= 0.6 is 0 Å². The maximum Gasteiger partial charge on any atom is 0.220 e. The number of amides is 1. The topological polar surface area (TPSA) is 38.3 Å². The van der Waals surface area contributed by atoms with Crippen LogP contribution < -0.4 is 10.1 Å². The number of aryl methyl sites for hydroxylation is 1. The van der Waals surface area contributed by atoms with Crippen LogP contribution in [0.5, 0.6) is 5.75 Å². The van der Waals surface area contributed by atoms with Gasteiger partial charge in [0.15, 0.2) is 11.6 Å². The Labute approximate surface area is 127 Å². The normalized spacial score (nSPS) is 10.3. The molecule has 0 unspecified atom stereocenters. The first-order valence-corrected chi connectivity index (χ1v) is 6.92. The summed E-state index contributed by atoms with van der Waals surface area (Å²) in [7, 11) is 1.59. The molecular weight excluding hydrogens is 288 g/mol. The van der Waals surface area contributed by atoms with Gasteiger partial charge in [-0.25, -0.2) is 8.78 Å². The molecule has 1 N–H and O–H groups in total. The van der Waals surface area contributed by atoms with E-state index in [9.17, 15) is 13.6 Å². The van der Waals surface area contributed by atoms with Crippen molar-refractivity contribution in [3.05, 3.63) is 65.2 Å². The van der Waals surface area contributed by atoms with Gasteiger partial charge < -0.3 is 10.1 Å². The molecule has 0 spiro atoms. The van der Waals surface area contributed by atoms with Crippen LogP contribution in [0.4, 0.5) is 8.78 Å². The molecule has 0 radical (unpaired) electrons. The Morgan fingerprint density at radius 3 is 2.36 bits per heavy atom. The number of hydrogen-bond acceptors (Lipinski definition) is 2. The van der Waals surface area contributed by atoms with E-state index in [1.54, 1.807) is 7.11 Å². The molecule has 0 atom stereocenters. The second kappa shape index (κ2) is 7.54. The largest absolute Gasteiger partial charge is 0.497 e. The molecule has 0 aliphatic heterocycles. The summed E-state index contributed by atoms with van der Waals surface area (Å²) in [5.74, 6) is -1.15. The summed E-state index contributed by atoms with van der Waals surface area (Å²) in [4.78, 5) is 11.8. The van der Waals surface area contributed by atoms with E-state index in [1.807, 2.05) is 24.3 Å². The number of benzene rings is 2. The van der Waals surface area contributed by atoms with E-state index in [-0.39, 0.29) is 12.3 Å². The van der Waals surface area contributed by atoms with Gasteiger partial charge in [0.2, 0.25) is 5.91 Å². The van der Waals surface area contributed by atoms with Gasteiger partial charge in [-0.05, 0) is 41.8 Å².